The van der Waals surface area contributed by atoms with Gasteiger partial charge in [0.25, 0.3) is 5.78 Å². The van der Waals surface area contributed by atoms with Crippen molar-refractivity contribution in [2.75, 3.05) is 13.2 Å². The highest BCUT2D eigenvalue weighted by molar-refractivity contribution is 6.62. The highest BCUT2D eigenvalue weighted by Gasteiger charge is 2.67. The van der Waals surface area contributed by atoms with Crippen LogP contribution in [0.15, 0.2) is 0 Å². The Labute approximate surface area is 146 Å². The largest absolute Gasteiger partial charge is 0.465 e. The summed E-state index contributed by atoms with van der Waals surface area (Å²) in [4.78, 5) is 40.0. The van der Waals surface area contributed by atoms with Crippen LogP contribution < -0.4 is 0 Å². The molecule has 2 aliphatic carbocycles. The second-order valence-corrected chi connectivity index (χ2v) is 6.56. The van der Waals surface area contributed by atoms with Gasteiger partial charge in [-0.2, -0.15) is 4.79 Å². The van der Waals surface area contributed by atoms with Crippen LogP contribution in [0.5, 0.6) is 0 Å². The first-order valence-corrected chi connectivity index (χ1v) is 8.71. The Balaban J connectivity index is 2.37. The number of aliphatic hydroxyl groups is 1. The van der Waals surface area contributed by atoms with E-state index in [0.29, 0.717) is 19.3 Å². The number of carbonyl (C=O) groups excluding carboxylic acids is 3. The third-order valence-electron chi connectivity index (χ3n) is 5.46. The quantitative estimate of drug-likeness (QED) is 0.250. The van der Waals surface area contributed by atoms with Gasteiger partial charge in [0.2, 0.25) is 0 Å². The number of ether oxygens (including phenoxy) is 2. The number of hydrogen-bond donors (Lipinski definition) is 1. The molecule has 0 bridgehead atoms. The van der Waals surface area contributed by atoms with E-state index in [0.717, 1.165) is 6.42 Å². The first-order chi connectivity index (χ1) is 11.9. The first-order valence-electron chi connectivity index (χ1n) is 8.71. The monoisotopic (exact) mass is 352 g/mol. The van der Waals surface area contributed by atoms with Crippen molar-refractivity contribution in [3.05, 3.63) is 5.53 Å². The fourth-order valence-corrected chi connectivity index (χ4v) is 4.31. The molecule has 1 N–H and O–H groups in total. The van der Waals surface area contributed by atoms with Crippen molar-refractivity contribution in [1.29, 1.82) is 0 Å². The molecular formula is C17H24N2O6. The maximum Gasteiger partial charge on any atom is 0.441 e. The summed E-state index contributed by atoms with van der Waals surface area (Å²) < 4.78 is 9.90. The Kier molecular flexibility index (Phi) is 5.75. The van der Waals surface area contributed by atoms with E-state index in [1.165, 1.54) is 0 Å². The van der Waals surface area contributed by atoms with Crippen molar-refractivity contribution in [1.82, 2.24) is 0 Å². The van der Waals surface area contributed by atoms with E-state index < -0.39 is 40.4 Å². The van der Waals surface area contributed by atoms with Gasteiger partial charge < -0.3 is 20.1 Å². The smallest absolute Gasteiger partial charge is 0.441 e. The van der Waals surface area contributed by atoms with Crippen LogP contribution in [0.4, 0.5) is 0 Å². The van der Waals surface area contributed by atoms with Crippen molar-refractivity contribution in [3.8, 4) is 0 Å². The molecule has 138 valence electrons. The molecule has 2 rings (SSSR count). The molecule has 0 heterocycles. The van der Waals surface area contributed by atoms with Gasteiger partial charge in [0.1, 0.15) is 0 Å². The SMILES string of the molecule is CCOC(=O)C(=[N+]=[N-])C(=O)[C@H]1CC[C@]2(C(=O)OCC)CCCC[C@]12O. The Morgan fingerprint density at radius 2 is 1.76 bits per heavy atom. The topological polar surface area (TPSA) is 126 Å². The number of Topliss-reactive ketones (excluding diaryl/α,β-unsaturated/α-hetero) is 1. The van der Waals surface area contributed by atoms with Crippen molar-refractivity contribution < 1.29 is 33.8 Å². The lowest BCUT2D eigenvalue weighted by atomic mass is 9.62. The maximum atomic E-state index is 12.8. The molecule has 0 unspecified atom stereocenters. The Morgan fingerprint density at radius 3 is 2.36 bits per heavy atom. The minimum absolute atomic E-state index is 0.0207. The van der Waals surface area contributed by atoms with E-state index in [2.05, 4.69) is 4.79 Å². The molecule has 0 aliphatic heterocycles. The number of ketones is 1. The van der Waals surface area contributed by atoms with E-state index in [1.807, 2.05) is 0 Å². The van der Waals surface area contributed by atoms with Gasteiger partial charge in [0.05, 0.1) is 30.1 Å². The number of fused-ring (bicyclic) bond motifs is 1. The number of carbonyl (C=O) groups is 3. The Hall–Kier alpha value is -2.05. The average molecular weight is 352 g/mol. The summed E-state index contributed by atoms with van der Waals surface area (Å²) in [5, 5.41) is 11.3. The lowest BCUT2D eigenvalue weighted by molar-refractivity contribution is -0.183. The Bertz CT molecular complexity index is 627. The number of hydrogen-bond acceptors (Lipinski definition) is 6. The molecule has 25 heavy (non-hydrogen) atoms. The first kappa shape index (κ1) is 19.3. The van der Waals surface area contributed by atoms with Gasteiger partial charge in [0, 0.05) is 0 Å². The molecule has 0 radical (unpaired) electrons. The molecule has 0 saturated heterocycles. The van der Waals surface area contributed by atoms with Crippen LogP contribution in [0.2, 0.25) is 0 Å². The van der Waals surface area contributed by atoms with Gasteiger partial charge in [0.15, 0.2) is 0 Å². The number of nitrogens with zero attached hydrogens (tertiary/aromatic N) is 2. The van der Waals surface area contributed by atoms with E-state index in [1.54, 1.807) is 13.8 Å². The lowest BCUT2D eigenvalue weighted by Gasteiger charge is -2.45. The second kappa shape index (κ2) is 7.45. The van der Waals surface area contributed by atoms with Crippen LogP contribution in [0.1, 0.15) is 52.4 Å². The van der Waals surface area contributed by atoms with Crippen molar-refractivity contribution in [3.63, 3.8) is 0 Å². The molecule has 2 aliphatic rings. The molecule has 2 fully saturated rings. The van der Waals surface area contributed by atoms with Gasteiger partial charge in [-0.1, -0.05) is 12.8 Å². The molecule has 0 aromatic carbocycles. The number of rotatable bonds is 6. The predicted molar refractivity (Wildman–Crippen MR) is 85.5 cm³/mol. The normalized spacial score (nSPS) is 30.8. The highest BCUT2D eigenvalue weighted by atomic mass is 16.5. The predicted octanol–water partition coefficient (Wildman–Crippen LogP) is 1.05. The van der Waals surface area contributed by atoms with E-state index in [4.69, 9.17) is 15.0 Å². The number of esters is 2. The highest BCUT2D eigenvalue weighted by Crippen LogP contribution is 2.58. The second-order valence-electron chi connectivity index (χ2n) is 6.56. The van der Waals surface area contributed by atoms with E-state index in [9.17, 15) is 19.5 Å². The van der Waals surface area contributed by atoms with Gasteiger partial charge in [-0.3, -0.25) is 9.59 Å². The van der Waals surface area contributed by atoms with Gasteiger partial charge in [-0.25, -0.2) is 4.79 Å². The van der Waals surface area contributed by atoms with Crippen LogP contribution in [-0.4, -0.2) is 52.1 Å². The summed E-state index contributed by atoms with van der Waals surface area (Å²) in [5.74, 6) is -3.35. The standard InChI is InChI=1S/C17H24N2O6/c1-3-24-14(21)12(19-18)13(20)11-7-10-16(15(22)25-4-2)8-5-6-9-17(11,16)23/h11,23H,3-10H2,1-2H3/t11-,16+,17+/m1/s1. The minimum atomic E-state index is -1.61. The van der Waals surface area contributed by atoms with Crippen LogP contribution >= 0.6 is 0 Å². The van der Waals surface area contributed by atoms with Crippen molar-refractivity contribution in [2.24, 2.45) is 11.3 Å². The summed E-state index contributed by atoms with van der Waals surface area (Å²) in [6.45, 7) is 3.45. The summed E-state index contributed by atoms with van der Waals surface area (Å²) >= 11 is 0. The van der Waals surface area contributed by atoms with Crippen molar-refractivity contribution >= 4 is 23.4 Å². The Morgan fingerprint density at radius 1 is 1.12 bits per heavy atom. The van der Waals surface area contributed by atoms with Gasteiger partial charge in [-0.15, -0.1) is 0 Å². The third-order valence-corrected chi connectivity index (χ3v) is 5.46. The zero-order chi connectivity index (χ0) is 18.7. The van der Waals surface area contributed by atoms with Crippen molar-refractivity contribution in [2.45, 2.75) is 58.0 Å². The van der Waals surface area contributed by atoms with Gasteiger partial charge in [-0.05, 0) is 39.5 Å². The molecule has 0 spiro atoms. The molecule has 8 nitrogen and oxygen atoms in total. The van der Waals surface area contributed by atoms with E-state index in [-0.39, 0.29) is 26.1 Å². The fraction of sp³-hybridized carbons (Fsp3) is 0.765. The molecule has 8 heteroatoms. The molecule has 0 aromatic rings. The van der Waals surface area contributed by atoms with E-state index >= 15 is 0 Å². The summed E-state index contributed by atoms with van der Waals surface area (Å²) in [5.41, 5.74) is 5.57. The maximum absolute atomic E-state index is 12.8. The molecule has 0 amide bonds. The van der Waals surface area contributed by atoms with Crippen LogP contribution in [0.25, 0.3) is 5.53 Å². The molecule has 2 saturated carbocycles. The summed E-state index contributed by atoms with van der Waals surface area (Å²) in [6.07, 6.45) is 2.60. The fourth-order valence-electron chi connectivity index (χ4n) is 4.31. The molecule has 3 atom stereocenters. The van der Waals surface area contributed by atoms with Crippen LogP contribution in [0, 0.1) is 11.3 Å². The van der Waals surface area contributed by atoms with Gasteiger partial charge >= 0.3 is 17.7 Å². The van der Waals surface area contributed by atoms with Crippen LogP contribution in [0.3, 0.4) is 0 Å². The lowest BCUT2D eigenvalue weighted by Crippen LogP contribution is -2.57. The minimum Gasteiger partial charge on any atom is -0.465 e. The zero-order valence-corrected chi connectivity index (χ0v) is 14.6. The summed E-state index contributed by atoms with van der Waals surface area (Å²) in [6, 6.07) is 0. The molecular weight excluding hydrogens is 328 g/mol. The van der Waals surface area contributed by atoms with Crippen LogP contribution in [-0.2, 0) is 23.9 Å². The third kappa shape index (κ3) is 3.00. The zero-order valence-electron chi connectivity index (χ0n) is 14.6. The molecule has 0 aromatic heterocycles. The summed E-state index contributed by atoms with van der Waals surface area (Å²) in [7, 11) is 0. The average Bonchev–Trinajstić information content (AvgIpc) is 2.90.